The highest BCUT2D eigenvalue weighted by Crippen LogP contribution is 2.35. The summed E-state index contributed by atoms with van der Waals surface area (Å²) in [6.07, 6.45) is -0.712. The van der Waals surface area contributed by atoms with Crippen LogP contribution in [0.25, 0.3) is 10.1 Å². The Kier molecular flexibility index (Phi) is 3.66. The van der Waals surface area contributed by atoms with E-state index in [9.17, 15) is 9.50 Å². The van der Waals surface area contributed by atoms with Gasteiger partial charge < -0.3 is 9.84 Å². The van der Waals surface area contributed by atoms with Gasteiger partial charge in [-0.3, -0.25) is 0 Å². The number of halogens is 1. The average molecular weight is 302 g/mol. The predicted molar refractivity (Wildman–Crippen MR) is 83.6 cm³/mol. The quantitative estimate of drug-likeness (QED) is 0.775. The highest BCUT2D eigenvalue weighted by Gasteiger charge is 2.16. The Morgan fingerprint density at radius 1 is 1.14 bits per heavy atom. The van der Waals surface area contributed by atoms with Gasteiger partial charge in [-0.25, -0.2) is 4.39 Å². The van der Waals surface area contributed by atoms with Crippen LogP contribution in [0.3, 0.4) is 0 Å². The van der Waals surface area contributed by atoms with Crippen molar-refractivity contribution in [3.63, 3.8) is 0 Å². The topological polar surface area (TPSA) is 29.5 Å². The first kappa shape index (κ1) is 14.0. The Labute approximate surface area is 126 Å². The van der Waals surface area contributed by atoms with Crippen molar-refractivity contribution in [2.24, 2.45) is 0 Å². The summed E-state index contributed by atoms with van der Waals surface area (Å²) in [6, 6.07) is 12.1. The third kappa shape index (κ3) is 2.64. The monoisotopic (exact) mass is 302 g/mol. The van der Waals surface area contributed by atoms with Gasteiger partial charge in [0.2, 0.25) is 0 Å². The highest BCUT2D eigenvalue weighted by molar-refractivity contribution is 7.19. The minimum absolute atomic E-state index is 0.262. The van der Waals surface area contributed by atoms with Gasteiger partial charge in [-0.1, -0.05) is 6.07 Å². The molecule has 0 radical (unpaired) electrons. The van der Waals surface area contributed by atoms with E-state index >= 15 is 0 Å². The Hall–Kier alpha value is -1.91. The van der Waals surface area contributed by atoms with Gasteiger partial charge in [-0.15, -0.1) is 11.3 Å². The second kappa shape index (κ2) is 5.47. The fraction of sp³-hybridized carbons (Fsp3) is 0.176. The molecule has 1 N–H and O–H groups in total. The van der Waals surface area contributed by atoms with E-state index in [0.717, 1.165) is 31.8 Å². The zero-order valence-electron chi connectivity index (χ0n) is 11.8. The third-order valence-electron chi connectivity index (χ3n) is 3.54. The van der Waals surface area contributed by atoms with Crippen molar-refractivity contribution in [2.75, 3.05) is 7.11 Å². The Morgan fingerprint density at radius 2 is 1.95 bits per heavy atom. The Bertz CT molecular complexity index is 795. The van der Waals surface area contributed by atoms with Crippen LogP contribution in [0.4, 0.5) is 4.39 Å². The summed E-state index contributed by atoms with van der Waals surface area (Å²) in [4.78, 5) is 0.809. The summed E-state index contributed by atoms with van der Waals surface area (Å²) >= 11 is 1.48. The lowest BCUT2D eigenvalue weighted by molar-refractivity contribution is 0.223. The molecule has 1 unspecified atom stereocenters. The fourth-order valence-corrected chi connectivity index (χ4v) is 3.45. The molecule has 0 aliphatic carbocycles. The number of hydrogen-bond acceptors (Lipinski definition) is 3. The van der Waals surface area contributed by atoms with Gasteiger partial charge in [0.05, 0.1) is 7.11 Å². The standard InChI is InChI=1S/C17H15FO2S/c1-10-7-13(20-2)4-5-14(10)17(19)16-9-11-8-12(18)3-6-15(11)21-16/h3-9,17,19H,1-2H3. The zero-order valence-corrected chi connectivity index (χ0v) is 12.6. The van der Waals surface area contributed by atoms with Crippen molar-refractivity contribution in [3.05, 3.63) is 64.3 Å². The fourth-order valence-electron chi connectivity index (χ4n) is 2.40. The zero-order chi connectivity index (χ0) is 15.0. The van der Waals surface area contributed by atoms with E-state index in [0.29, 0.717) is 0 Å². The molecule has 0 saturated carbocycles. The maximum Gasteiger partial charge on any atom is 0.123 e. The van der Waals surface area contributed by atoms with E-state index < -0.39 is 6.10 Å². The van der Waals surface area contributed by atoms with Crippen molar-refractivity contribution < 1.29 is 14.2 Å². The first-order chi connectivity index (χ1) is 10.1. The van der Waals surface area contributed by atoms with Crippen molar-refractivity contribution in [1.82, 2.24) is 0 Å². The van der Waals surface area contributed by atoms with Crippen molar-refractivity contribution >= 4 is 21.4 Å². The molecule has 3 rings (SSSR count). The van der Waals surface area contributed by atoms with Crippen LogP contribution in [0.1, 0.15) is 22.1 Å². The van der Waals surface area contributed by atoms with Gasteiger partial charge in [0.25, 0.3) is 0 Å². The number of benzene rings is 2. The molecule has 0 amide bonds. The summed E-state index contributed by atoms with van der Waals surface area (Å²) in [6.45, 7) is 1.94. The number of hydrogen-bond donors (Lipinski definition) is 1. The number of fused-ring (bicyclic) bond motifs is 1. The van der Waals surface area contributed by atoms with Crippen LogP contribution in [0.15, 0.2) is 42.5 Å². The number of aryl methyl sites for hydroxylation is 1. The van der Waals surface area contributed by atoms with Crippen LogP contribution < -0.4 is 4.74 Å². The van der Waals surface area contributed by atoms with Crippen LogP contribution in [0.2, 0.25) is 0 Å². The van der Waals surface area contributed by atoms with Gasteiger partial charge in [0.1, 0.15) is 17.7 Å². The highest BCUT2D eigenvalue weighted by atomic mass is 32.1. The maximum atomic E-state index is 13.2. The molecule has 1 atom stereocenters. The summed E-state index contributed by atoms with van der Waals surface area (Å²) in [5.74, 6) is 0.504. The minimum Gasteiger partial charge on any atom is -0.497 e. The molecule has 108 valence electrons. The van der Waals surface area contributed by atoms with Gasteiger partial charge in [0.15, 0.2) is 0 Å². The Morgan fingerprint density at radius 3 is 2.67 bits per heavy atom. The van der Waals surface area contributed by atoms with Crippen LogP contribution in [-0.4, -0.2) is 12.2 Å². The van der Waals surface area contributed by atoms with E-state index in [2.05, 4.69) is 0 Å². The maximum absolute atomic E-state index is 13.2. The summed E-state index contributed by atoms with van der Waals surface area (Å²) in [5.41, 5.74) is 1.80. The van der Waals surface area contributed by atoms with Gasteiger partial charge in [-0.05, 0) is 59.8 Å². The van der Waals surface area contributed by atoms with E-state index in [1.54, 1.807) is 13.2 Å². The van der Waals surface area contributed by atoms with Gasteiger partial charge in [0, 0.05) is 9.58 Å². The van der Waals surface area contributed by atoms with Crippen LogP contribution in [0.5, 0.6) is 5.75 Å². The number of methoxy groups -OCH3 is 1. The van der Waals surface area contributed by atoms with E-state index in [1.807, 2.05) is 31.2 Å². The molecule has 0 spiro atoms. The molecule has 21 heavy (non-hydrogen) atoms. The summed E-state index contributed by atoms with van der Waals surface area (Å²) < 4.78 is 19.4. The van der Waals surface area contributed by atoms with E-state index in [4.69, 9.17) is 4.74 Å². The number of thiophene rings is 1. The average Bonchev–Trinajstić information content (AvgIpc) is 2.89. The molecule has 4 heteroatoms. The molecular formula is C17H15FO2S. The molecule has 0 bridgehead atoms. The first-order valence-corrected chi connectivity index (χ1v) is 7.42. The molecule has 0 fully saturated rings. The van der Waals surface area contributed by atoms with Gasteiger partial charge in [-0.2, -0.15) is 0 Å². The third-order valence-corrected chi connectivity index (χ3v) is 4.71. The lowest BCUT2D eigenvalue weighted by Gasteiger charge is -2.13. The number of rotatable bonds is 3. The summed E-state index contributed by atoms with van der Waals surface area (Å²) in [7, 11) is 1.62. The number of ether oxygens (including phenoxy) is 1. The molecule has 0 aliphatic rings. The smallest absolute Gasteiger partial charge is 0.123 e. The minimum atomic E-state index is -0.712. The van der Waals surface area contributed by atoms with E-state index in [1.165, 1.54) is 23.5 Å². The molecule has 2 nitrogen and oxygen atoms in total. The predicted octanol–water partition coefficient (Wildman–Crippen LogP) is 4.44. The summed E-state index contributed by atoms with van der Waals surface area (Å²) in [5, 5.41) is 11.4. The van der Waals surface area contributed by atoms with Crippen molar-refractivity contribution in [3.8, 4) is 5.75 Å². The molecule has 1 heterocycles. The van der Waals surface area contributed by atoms with Gasteiger partial charge >= 0.3 is 0 Å². The van der Waals surface area contributed by atoms with Crippen molar-refractivity contribution in [1.29, 1.82) is 0 Å². The van der Waals surface area contributed by atoms with Crippen LogP contribution >= 0.6 is 11.3 Å². The van der Waals surface area contributed by atoms with Crippen LogP contribution in [0, 0.1) is 12.7 Å². The Balaban J connectivity index is 2.01. The second-order valence-corrected chi connectivity index (χ2v) is 6.07. The first-order valence-electron chi connectivity index (χ1n) is 6.60. The molecule has 3 aromatic rings. The SMILES string of the molecule is COc1ccc(C(O)c2cc3cc(F)ccc3s2)c(C)c1. The lowest BCUT2D eigenvalue weighted by Crippen LogP contribution is -2.00. The molecule has 0 aliphatic heterocycles. The largest absolute Gasteiger partial charge is 0.497 e. The van der Waals surface area contributed by atoms with Crippen LogP contribution in [-0.2, 0) is 0 Å². The second-order valence-electron chi connectivity index (χ2n) is 4.96. The number of aliphatic hydroxyl groups is 1. The molecular weight excluding hydrogens is 287 g/mol. The number of aliphatic hydroxyl groups excluding tert-OH is 1. The lowest BCUT2D eigenvalue weighted by atomic mass is 10.0. The molecule has 0 saturated heterocycles. The molecule has 1 aromatic heterocycles. The normalized spacial score (nSPS) is 12.6. The van der Waals surface area contributed by atoms with E-state index in [-0.39, 0.29) is 5.82 Å². The van der Waals surface area contributed by atoms with Crippen molar-refractivity contribution in [2.45, 2.75) is 13.0 Å². The molecule has 2 aromatic carbocycles.